The Morgan fingerprint density at radius 3 is 2.47 bits per heavy atom. The molecule has 0 spiro atoms. The van der Waals surface area contributed by atoms with E-state index < -0.39 is 0 Å². The van der Waals surface area contributed by atoms with Crippen molar-refractivity contribution in [1.29, 1.82) is 0 Å². The summed E-state index contributed by atoms with van der Waals surface area (Å²) in [5.74, 6) is -0.0703. The largest absolute Gasteiger partial charge is 0.328 e. The van der Waals surface area contributed by atoms with Crippen LogP contribution < -0.4 is 5.73 Å². The van der Waals surface area contributed by atoms with Gasteiger partial charge in [-0.15, -0.1) is 0 Å². The summed E-state index contributed by atoms with van der Waals surface area (Å²) in [6, 6.07) is 3.75. The van der Waals surface area contributed by atoms with Crippen LogP contribution in [0.1, 0.15) is 50.7 Å². The Hall–Kier alpha value is -0.600. The highest BCUT2D eigenvalue weighted by atomic mass is 35.5. The quantitative estimate of drug-likeness (QED) is 0.838. The van der Waals surface area contributed by atoms with Crippen LogP contribution in [0.4, 0.5) is 4.39 Å². The van der Waals surface area contributed by atoms with Gasteiger partial charge in [0.1, 0.15) is 5.82 Å². The van der Waals surface area contributed by atoms with Crippen LogP contribution in [-0.2, 0) is 6.42 Å². The molecule has 1 rings (SSSR count). The van der Waals surface area contributed by atoms with Gasteiger partial charge in [-0.2, -0.15) is 0 Å². The van der Waals surface area contributed by atoms with Crippen molar-refractivity contribution in [3.8, 4) is 0 Å². The summed E-state index contributed by atoms with van der Waals surface area (Å²) < 4.78 is 13.6. The summed E-state index contributed by atoms with van der Waals surface area (Å²) in [4.78, 5) is 0. The molecule has 3 heteroatoms. The molecule has 96 valence electrons. The second-order valence-corrected chi connectivity index (χ2v) is 5.38. The highest BCUT2D eigenvalue weighted by Crippen LogP contribution is 2.28. The summed E-state index contributed by atoms with van der Waals surface area (Å²) in [5.41, 5.74) is 7.60. The van der Waals surface area contributed by atoms with Crippen LogP contribution in [0.5, 0.6) is 0 Å². The third kappa shape index (κ3) is 4.29. The fourth-order valence-corrected chi connectivity index (χ4v) is 2.19. The zero-order valence-corrected chi connectivity index (χ0v) is 11.5. The first-order chi connectivity index (χ1) is 7.91. The summed E-state index contributed by atoms with van der Waals surface area (Å²) in [6.45, 7) is 6.03. The lowest BCUT2D eigenvalue weighted by molar-refractivity contribution is 0.608. The predicted molar refractivity (Wildman–Crippen MR) is 72.1 cm³/mol. The summed E-state index contributed by atoms with van der Waals surface area (Å²) >= 11 is 5.95. The lowest BCUT2D eigenvalue weighted by Gasteiger charge is -2.12. The van der Waals surface area contributed by atoms with E-state index in [-0.39, 0.29) is 22.8 Å². The average molecular weight is 258 g/mol. The van der Waals surface area contributed by atoms with Gasteiger partial charge in [0.15, 0.2) is 0 Å². The molecule has 0 aromatic heterocycles. The number of halogens is 2. The first-order valence-corrected chi connectivity index (χ1v) is 6.53. The van der Waals surface area contributed by atoms with Crippen molar-refractivity contribution in [1.82, 2.24) is 0 Å². The van der Waals surface area contributed by atoms with E-state index in [1.165, 1.54) is 6.07 Å². The Labute approximate surface area is 108 Å². The fraction of sp³-hybridized carbons (Fsp3) is 0.571. The summed E-state index contributed by atoms with van der Waals surface area (Å²) in [5, 5.41) is 0.260. The molecule has 0 aliphatic heterocycles. The van der Waals surface area contributed by atoms with Crippen LogP contribution in [-0.4, -0.2) is 6.04 Å². The highest BCUT2D eigenvalue weighted by molar-refractivity contribution is 6.31. The van der Waals surface area contributed by atoms with Crippen molar-refractivity contribution < 1.29 is 4.39 Å². The second-order valence-electron chi connectivity index (χ2n) is 5.01. The Morgan fingerprint density at radius 1 is 1.29 bits per heavy atom. The van der Waals surface area contributed by atoms with E-state index in [4.69, 9.17) is 17.3 Å². The molecule has 17 heavy (non-hydrogen) atoms. The maximum atomic E-state index is 13.6. The summed E-state index contributed by atoms with van der Waals surface area (Å²) in [6.07, 6.45) is 2.80. The molecule has 1 nitrogen and oxygen atoms in total. The maximum absolute atomic E-state index is 13.6. The van der Waals surface area contributed by atoms with Crippen LogP contribution in [0.25, 0.3) is 0 Å². The minimum atomic E-state index is -0.311. The Kier molecular flexibility index (Phi) is 5.41. The number of aryl methyl sites for hydroxylation is 1. The first-order valence-electron chi connectivity index (χ1n) is 6.15. The van der Waals surface area contributed by atoms with E-state index in [9.17, 15) is 4.39 Å². The van der Waals surface area contributed by atoms with Crippen LogP contribution in [0, 0.1) is 5.82 Å². The minimum absolute atomic E-state index is 0.205. The molecule has 2 N–H and O–H groups in total. The van der Waals surface area contributed by atoms with Gasteiger partial charge in [0, 0.05) is 6.04 Å². The zero-order valence-electron chi connectivity index (χ0n) is 10.8. The van der Waals surface area contributed by atoms with E-state index in [0.717, 1.165) is 30.4 Å². The van der Waals surface area contributed by atoms with E-state index in [1.54, 1.807) is 0 Å². The Balaban J connectivity index is 2.80. The summed E-state index contributed by atoms with van der Waals surface area (Å²) in [7, 11) is 0. The van der Waals surface area contributed by atoms with Gasteiger partial charge in [0.2, 0.25) is 0 Å². The van der Waals surface area contributed by atoms with Crippen molar-refractivity contribution in [2.75, 3.05) is 0 Å². The van der Waals surface area contributed by atoms with Gasteiger partial charge in [0.05, 0.1) is 5.02 Å². The van der Waals surface area contributed by atoms with Crippen molar-refractivity contribution in [3.63, 3.8) is 0 Å². The zero-order chi connectivity index (χ0) is 13.0. The van der Waals surface area contributed by atoms with Gasteiger partial charge in [0.25, 0.3) is 0 Å². The van der Waals surface area contributed by atoms with Crippen LogP contribution >= 0.6 is 11.6 Å². The van der Waals surface area contributed by atoms with Crippen LogP contribution in [0.2, 0.25) is 5.02 Å². The third-order valence-electron chi connectivity index (χ3n) is 2.86. The first kappa shape index (κ1) is 14.5. The number of rotatable bonds is 5. The van der Waals surface area contributed by atoms with Gasteiger partial charge < -0.3 is 5.73 Å². The molecule has 0 saturated carbocycles. The van der Waals surface area contributed by atoms with Gasteiger partial charge in [-0.25, -0.2) is 4.39 Å². The standard InChI is InChI=1S/C14H21ClFN/c1-9(2)12-7-11(6-4-5-10(3)17)8-13(16)14(12)15/h7-10H,4-6,17H2,1-3H3/t10-/m0/s1. The van der Waals surface area contributed by atoms with E-state index in [1.807, 2.05) is 26.8 Å². The Morgan fingerprint density at radius 2 is 1.94 bits per heavy atom. The number of benzene rings is 1. The van der Waals surface area contributed by atoms with Gasteiger partial charge in [-0.1, -0.05) is 31.5 Å². The monoisotopic (exact) mass is 257 g/mol. The van der Waals surface area contributed by atoms with Crippen molar-refractivity contribution in [3.05, 3.63) is 34.1 Å². The molecule has 0 bridgehead atoms. The molecule has 0 radical (unpaired) electrons. The van der Waals surface area contributed by atoms with Crippen molar-refractivity contribution in [2.45, 2.75) is 52.0 Å². The van der Waals surface area contributed by atoms with Gasteiger partial charge in [-0.3, -0.25) is 0 Å². The molecule has 1 aromatic carbocycles. The highest BCUT2D eigenvalue weighted by Gasteiger charge is 2.11. The smallest absolute Gasteiger partial charge is 0.142 e. The average Bonchev–Trinajstić information content (AvgIpc) is 2.22. The van der Waals surface area contributed by atoms with Crippen LogP contribution in [0.15, 0.2) is 12.1 Å². The molecule has 0 aliphatic carbocycles. The molecule has 1 atom stereocenters. The van der Waals surface area contributed by atoms with Crippen molar-refractivity contribution >= 4 is 11.6 Å². The number of nitrogens with two attached hydrogens (primary N) is 1. The van der Waals surface area contributed by atoms with Crippen molar-refractivity contribution in [2.24, 2.45) is 5.73 Å². The Bertz CT molecular complexity index is 375. The topological polar surface area (TPSA) is 26.0 Å². The predicted octanol–water partition coefficient (Wildman–Crippen LogP) is 4.27. The molecule has 0 unspecified atom stereocenters. The molecule has 0 aliphatic rings. The van der Waals surface area contributed by atoms with Crippen LogP contribution in [0.3, 0.4) is 0 Å². The normalized spacial score (nSPS) is 13.1. The molecule has 0 fully saturated rings. The second kappa shape index (κ2) is 6.36. The molecule has 0 heterocycles. The van der Waals surface area contributed by atoms with E-state index in [2.05, 4.69) is 0 Å². The SMILES string of the molecule is CC(C)c1cc(CCC[C@H](C)N)cc(F)c1Cl. The minimum Gasteiger partial charge on any atom is -0.328 e. The number of hydrogen-bond donors (Lipinski definition) is 1. The fourth-order valence-electron chi connectivity index (χ4n) is 1.86. The molecular formula is C14H21ClFN. The van der Waals surface area contributed by atoms with E-state index >= 15 is 0 Å². The maximum Gasteiger partial charge on any atom is 0.142 e. The molecular weight excluding hydrogens is 237 g/mol. The molecule has 0 amide bonds. The lowest BCUT2D eigenvalue weighted by atomic mass is 9.97. The third-order valence-corrected chi connectivity index (χ3v) is 3.26. The number of hydrogen-bond acceptors (Lipinski definition) is 1. The van der Waals surface area contributed by atoms with Gasteiger partial charge >= 0.3 is 0 Å². The lowest BCUT2D eigenvalue weighted by Crippen LogP contribution is -2.14. The van der Waals surface area contributed by atoms with Gasteiger partial charge in [-0.05, 0) is 49.3 Å². The molecule has 0 saturated heterocycles. The molecule has 1 aromatic rings. The van der Waals surface area contributed by atoms with E-state index in [0.29, 0.717) is 0 Å².